The number of hydrogen-bond donors (Lipinski definition) is 0. The molecule has 0 N–H and O–H groups in total. The van der Waals surface area contributed by atoms with Gasteiger partial charge in [0.1, 0.15) is 5.84 Å². The van der Waals surface area contributed by atoms with E-state index in [1.807, 2.05) is 24.3 Å². The van der Waals surface area contributed by atoms with E-state index in [1.165, 1.54) is 32.7 Å². The average Bonchev–Trinajstić information content (AvgIpc) is 3.42. The molecule has 5 heteroatoms. The van der Waals surface area contributed by atoms with Gasteiger partial charge in [-0.3, -0.25) is 4.31 Å². The van der Waals surface area contributed by atoms with Gasteiger partial charge in [0.05, 0.1) is 28.4 Å². The highest BCUT2D eigenvalue weighted by Gasteiger charge is 2.24. The molecule has 0 aliphatic carbocycles. The summed E-state index contributed by atoms with van der Waals surface area (Å²) >= 11 is 1.67. The summed E-state index contributed by atoms with van der Waals surface area (Å²) in [5, 5.41) is 16.8. The molecule has 0 spiro atoms. The minimum Gasteiger partial charge on any atom is -0.309 e. The molecule has 238 valence electrons. The lowest BCUT2D eigenvalue weighted by atomic mass is 9.85. The van der Waals surface area contributed by atoms with Crippen LogP contribution in [0, 0.1) is 11.3 Å². The Morgan fingerprint density at radius 1 is 0.608 bits per heavy atom. The molecule has 2 aliphatic heterocycles. The molecule has 51 heavy (non-hydrogen) atoms. The normalized spacial score (nSPS) is 13.9. The van der Waals surface area contributed by atoms with E-state index < -0.39 is 0 Å². The molecule has 0 atom stereocenters. The Morgan fingerprint density at radius 2 is 1.24 bits per heavy atom. The Balaban J connectivity index is 1.21. The molecule has 3 heterocycles. The molecule has 1 aromatic heterocycles. The van der Waals surface area contributed by atoms with E-state index in [4.69, 9.17) is 4.99 Å². The highest BCUT2D eigenvalue weighted by atomic mass is 32.2. The minimum absolute atomic E-state index is 0.651. The van der Waals surface area contributed by atoms with E-state index >= 15 is 0 Å². The first-order chi connectivity index (χ1) is 25.2. The van der Waals surface area contributed by atoms with Gasteiger partial charge >= 0.3 is 0 Å². The topological polar surface area (TPSA) is 44.3 Å². The summed E-state index contributed by atoms with van der Waals surface area (Å²) in [6.45, 7) is 4.27. The van der Waals surface area contributed by atoms with Crippen molar-refractivity contribution in [2.45, 2.75) is 4.90 Å². The van der Waals surface area contributed by atoms with E-state index in [1.54, 1.807) is 11.9 Å². The van der Waals surface area contributed by atoms with Crippen LogP contribution in [-0.2, 0) is 0 Å². The Labute approximate surface area is 299 Å². The quantitative estimate of drug-likeness (QED) is 0.139. The van der Waals surface area contributed by atoms with Crippen molar-refractivity contribution in [3.8, 4) is 22.9 Å². The van der Waals surface area contributed by atoms with Crippen LogP contribution in [0.4, 0.5) is 0 Å². The second-order valence-corrected chi connectivity index (χ2v) is 13.9. The summed E-state index contributed by atoms with van der Waals surface area (Å²) in [6, 6.07) is 51.4. The maximum atomic E-state index is 9.85. The van der Waals surface area contributed by atoms with Crippen molar-refractivity contribution < 1.29 is 0 Å². The molecular weight excluding hydrogens is 641 g/mol. The highest BCUT2D eigenvalue weighted by molar-refractivity contribution is 7.97. The Kier molecular flexibility index (Phi) is 6.60. The van der Waals surface area contributed by atoms with Crippen LogP contribution in [0.25, 0.3) is 71.4 Å². The third-order valence-corrected chi connectivity index (χ3v) is 11.0. The average molecular weight is 669 g/mol. The van der Waals surface area contributed by atoms with Gasteiger partial charge in [0.25, 0.3) is 0 Å². The number of nitrogens with zero attached hydrogens (tertiary/aromatic N) is 4. The van der Waals surface area contributed by atoms with Crippen LogP contribution >= 0.6 is 11.9 Å². The number of aliphatic imine (C=N–C) groups is 1. The van der Waals surface area contributed by atoms with Gasteiger partial charge in [-0.15, -0.1) is 0 Å². The number of aromatic nitrogens is 1. The van der Waals surface area contributed by atoms with Gasteiger partial charge in [-0.05, 0) is 111 Å². The monoisotopic (exact) mass is 668 g/mol. The molecule has 0 bridgehead atoms. The second kappa shape index (κ2) is 11.5. The summed E-state index contributed by atoms with van der Waals surface area (Å²) in [5.41, 5.74) is 10.4. The number of para-hydroxylation sites is 1. The van der Waals surface area contributed by atoms with Crippen LogP contribution in [-0.4, -0.2) is 14.7 Å². The summed E-state index contributed by atoms with van der Waals surface area (Å²) in [4.78, 5) is 6.03. The van der Waals surface area contributed by atoms with E-state index in [2.05, 4.69) is 155 Å². The van der Waals surface area contributed by atoms with Crippen molar-refractivity contribution in [3.05, 3.63) is 181 Å². The van der Waals surface area contributed by atoms with Crippen LogP contribution in [0.5, 0.6) is 0 Å². The van der Waals surface area contributed by atoms with Gasteiger partial charge in [0.2, 0.25) is 0 Å². The molecule has 0 fully saturated rings. The number of allylic oxidation sites excluding steroid dienone is 2. The largest absolute Gasteiger partial charge is 0.309 e. The third-order valence-electron chi connectivity index (χ3n) is 9.96. The molecule has 0 saturated heterocycles. The molecule has 0 amide bonds. The molecule has 2 aliphatic rings. The SMILES string of the molecule is C=C1N=C2C=CC(c3c4ccccc4c(-c4ccc5c(c4)c4cc(C#N)ccc4n5-c4ccccc4)c4ccccc34)=CN2Sc2ccccc21. The molecule has 4 nitrogen and oxygen atoms in total. The molecule has 0 saturated carbocycles. The lowest BCUT2D eigenvalue weighted by Crippen LogP contribution is -2.18. The number of nitriles is 1. The van der Waals surface area contributed by atoms with Crippen molar-refractivity contribution in [3.63, 3.8) is 0 Å². The molecule has 10 rings (SSSR count). The van der Waals surface area contributed by atoms with Crippen LogP contribution < -0.4 is 0 Å². The fourth-order valence-corrected chi connectivity index (χ4v) is 8.72. The zero-order valence-electron chi connectivity index (χ0n) is 27.4. The first-order valence-corrected chi connectivity index (χ1v) is 17.7. The predicted octanol–water partition coefficient (Wildman–Crippen LogP) is 11.9. The minimum atomic E-state index is 0.651. The van der Waals surface area contributed by atoms with Crippen LogP contribution in [0.1, 0.15) is 16.7 Å². The molecular formula is C46H28N4S. The van der Waals surface area contributed by atoms with Gasteiger partial charge in [0, 0.05) is 38.7 Å². The Morgan fingerprint density at radius 3 is 1.96 bits per heavy atom. The summed E-state index contributed by atoms with van der Waals surface area (Å²) in [6.07, 6.45) is 6.50. The number of hydrogen-bond acceptors (Lipinski definition) is 4. The van der Waals surface area contributed by atoms with Gasteiger partial charge in [-0.1, -0.05) is 97.6 Å². The second-order valence-electron chi connectivity index (χ2n) is 12.8. The first-order valence-electron chi connectivity index (χ1n) is 16.9. The van der Waals surface area contributed by atoms with Crippen molar-refractivity contribution in [2.75, 3.05) is 0 Å². The van der Waals surface area contributed by atoms with Gasteiger partial charge in [-0.2, -0.15) is 5.26 Å². The third kappa shape index (κ3) is 4.58. The van der Waals surface area contributed by atoms with Crippen molar-refractivity contribution in [2.24, 2.45) is 4.99 Å². The smallest absolute Gasteiger partial charge is 0.143 e. The molecule has 0 radical (unpaired) electrons. The van der Waals surface area contributed by atoms with Gasteiger partial charge in [0.15, 0.2) is 0 Å². The van der Waals surface area contributed by atoms with Gasteiger partial charge in [-0.25, -0.2) is 4.99 Å². The summed E-state index contributed by atoms with van der Waals surface area (Å²) in [7, 11) is 0. The zero-order chi connectivity index (χ0) is 34.1. The Hall–Kier alpha value is -6.61. The van der Waals surface area contributed by atoms with Gasteiger partial charge < -0.3 is 4.57 Å². The number of amidine groups is 1. The molecule has 8 aromatic rings. The maximum absolute atomic E-state index is 9.85. The summed E-state index contributed by atoms with van der Waals surface area (Å²) in [5.74, 6) is 0.859. The lowest BCUT2D eigenvalue weighted by molar-refractivity contribution is 0.932. The number of benzene rings is 7. The van der Waals surface area contributed by atoms with Crippen LogP contribution in [0.15, 0.2) is 174 Å². The Bertz CT molecular complexity index is 2860. The first kappa shape index (κ1) is 29.3. The standard InChI is InChI=1S/C46H28N4S/c1-29-34-13-9-10-18-43(34)51-49-28-32(21-24-44(49)48-29)46-37-16-7-5-14-35(37)45(36-15-6-8-17-38(36)46)31-20-23-42-40(26-31)39-25-30(27-47)19-22-41(39)50(42)33-11-3-2-4-12-33/h2-26,28H,1H2. The van der Waals surface area contributed by atoms with Crippen molar-refractivity contribution in [1.82, 2.24) is 8.87 Å². The van der Waals surface area contributed by atoms with E-state index in [9.17, 15) is 5.26 Å². The predicted molar refractivity (Wildman–Crippen MR) is 214 cm³/mol. The molecule has 0 unspecified atom stereocenters. The summed E-state index contributed by atoms with van der Waals surface area (Å²) < 4.78 is 4.46. The molecule has 7 aromatic carbocycles. The highest BCUT2D eigenvalue weighted by Crippen LogP contribution is 2.45. The lowest BCUT2D eigenvalue weighted by Gasteiger charge is -2.24. The zero-order valence-corrected chi connectivity index (χ0v) is 28.2. The fraction of sp³-hybridized carbons (Fsp3) is 0. The number of fused-ring (bicyclic) bond motifs is 7. The van der Waals surface area contributed by atoms with E-state index in [0.717, 1.165) is 60.6 Å². The maximum Gasteiger partial charge on any atom is 0.143 e. The number of rotatable bonds is 3. The fourth-order valence-electron chi connectivity index (χ4n) is 7.72. The van der Waals surface area contributed by atoms with Crippen molar-refractivity contribution >= 4 is 72.4 Å². The van der Waals surface area contributed by atoms with Crippen molar-refractivity contribution in [1.29, 1.82) is 5.26 Å². The van der Waals surface area contributed by atoms with Crippen LogP contribution in [0.2, 0.25) is 0 Å². The van der Waals surface area contributed by atoms with E-state index in [-0.39, 0.29) is 0 Å². The van der Waals surface area contributed by atoms with Crippen LogP contribution in [0.3, 0.4) is 0 Å². The van der Waals surface area contributed by atoms with E-state index in [0.29, 0.717) is 5.56 Å².